The molecule has 3 unspecified atom stereocenters. The lowest BCUT2D eigenvalue weighted by Crippen LogP contribution is -2.26. The van der Waals surface area contributed by atoms with Crippen LogP contribution >= 0.6 is 22.4 Å². The highest BCUT2D eigenvalue weighted by atomic mass is 32.5. The third-order valence-corrected chi connectivity index (χ3v) is 8.50. The Hall–Kier alpha value is -1.10. The minimum absolute atomic E-state index is 0.0185. The van der Waals surface area contributed by atoms with Crippen LogP contribution in [0.15, 0.2) is 11.1 Å². The molecule has 1 fully saturated rings. The molecular weight excluding hydrogens is 507 g/mol. The van der Waals surface area contributed by atoms with Crippen molar-refractivity contribution in [2.24, 2.45) is 0 Å². The molecule has 1 aliphatic rings. The van der Waals surface area contributed by atoms with E-state index in [9.17, 15) is 28.8 Å². The van der Waals surface area contributed by atoms with Crippen LogP contribution in [0, 0.1) is 0 Å². The maximum absolute atomic E-state index is 11.9. The number of nitrogens with two attached hydrogens (primary N) is 1. The average molecular weight is 523 g/mol. The van der Waals surface area contributed by atoms with E-state index in [2.05, 4.69) is 35.4 Å². The molecule has 0 bridgehead atoms. The largest absolute Gasteiger partial charge is 0.488 e. The summed E-state index contributed by atoms with van der Waals surface area (Å²) in [7, 11) is -10.9. The van der Waals surface area contributed by atoms with Crippen LogP contribution in [0.2, 0.25) is 0 Å². The van der Waals surface area contributed by atoms with E-state index in [1.807, 2.05) is 0 Å². The summed E-state index contributed by atoms with van der Waals surface area (Å²) >= 11 is 4.50. The molecule has 1 saturated heterocycles. The van der Waals surface area contributed by atoms with E-state index in [0.29, 0.717) is 0 Å². The fraction of sp³-hybridized carbons (Fsp3) is 0.500. The number of phosphoric acid groups is 2. The number of aromatic nitrogens is 4. The fourth-order valence-corrected chi connectivity index (χ4v) is 6.63. The van der Waals surface area contributed by atoms with E-state index >= 15 is 0 Å². The summed E-state index contributed by atoms with van der Waals surface area (Å²) in [6.45, 7) is -5.18. The minimum atomic E-state index is -5.46. The maximum Gasteiger partial charge on any atom is 0.488 e. The number of rotatable bonds is 8. The van der Waals surface area contributed by atoms with E-state index in [0.717, 1.165) is 0 Å². The van der Waals surface area contributed by atoms with Gasteiger partial charge < -0.3 is 39.7 Å². The van der Waals surface area contributed by atoms with Crippen molar-refractivity contribution in [3.05, 3.63) is 16.7 Å². The molecule has 0 amide bonds. The summed E-state index contributed by atoms with van der Waals surface area (Å²) in [6, 6.07) is 0. The molecule has 0 spiro atoms. The number of hydrogen-bond acceptors (Lipinski definition) is 12. The van der Waals surface area contributed by atoms with E-state index < -0.39 is 53.0 Å². The average Bonchev–Trinajstić information content (AvgIpc) is 3.13. The third-order valence-electron chi connectivity index (χ3n) is 3.78. The van der Waals surface area contributed by atoms with Gasteiger partial charge in [0.1, 0.15) is 12.3 Å². The predicted molar refractivity (Wildman–Crippen MR) is 104 cm³/mol. The van der Waals surface area contributed by atoms with Crippen LogP contribution in [0.5, 0.6) is 0 Å². The first-order chi connectivity index (χ1) is 14.2. The van der Waals surface area contributed by atoms with Gasteiger partial charge in [0.15, 0.2) is 11.2 Å². The van der Waals surface area contributed by atoms with Gasteiger partial charge in [-0.3, -0.25) is 14.3 Å². The quantitative estimate of drug-likeness (QED) is 0.201. The Bertz CT molecular complexity index is 1180. The number of anilines is 1. The third kappa shape index (κ3) is 6.24. The van der Waals surface area contributed by atoms with E-state index in [-0.39, 0.29) is 23.5 Å². The Morgan fingerprint density at radius 3 is 2.65 bits per heavy atom. The Morgan fingerprint density at radius 2 is 2.00 bits per heavy atom. The van der Waals surface area contributed by atoms with Gasteiger partial charge in [0.25, 0.3) is 5.56 Å². The zero-order valence-corrected chi connectivity index (χ0v) is 18.5. The number of nitrogens with one attached hydrogen (secondary N) is 1. The SMILES string of the molecule is Nc1nc2c(ncn2[C@H]2CC(O)[C@@H](COP(O)(=S)OP(=O)(O)OP(=O)(O)O)O2)c(=O)[nH]1. The molecule has 0 saturated carbocycles. The molecule has 3 heterocycles. The Kier molecular flexibility index (Phi) is 6.87. The molecule has 17 nitrogen and oxygen atoms in total. The van der Waals surface area contributed by atoms with Gasteiger partial charge in [0, 0.05) is 6.42 Å². The van der Waals surface area contributed by atoms with Gasteiger partial charge in [-0.05, 0) is 11.8 Å². The predicted octanol–water partition coefficient (Wildman–Crippen LogP) is -1.19. The maximum atomic E-state index is 11.9. The molecule has 0 aliphatic carbocycles. The summed E-state index contributed by atoms with van der Waals surface area (Å²) in [5, 5.41) is 10.2. The number of nitrogen functional groups attached to an aromatic ring is 1. The zero-order valence-electron chi connectivity index (χ0n) is 15.0. The number of nitrogens with zero attached hydrogens (tertiary/aromatic N) is 3. The summed E-state index contributed by atoms with van der Waals surface area (Å²) < 4.78 is 41.5. The van der Waals surface area contributed by atoms with Crippen molar-refractivity contribution in [2.45, 2.75) is 24.9 Å². The first-order valence-electron chi connectivity index (χ1n) is 8.00. The van der Waals surface area contributed by atoms with E-state index in [1.54, 1.807) is 0 Å². The molecule has 8 N–H and O–H groups in total. The number of H-pyrrole nitrogens is 1. The van der Waals surface area contributed by atoms with Crippen molar-refractivity contribution >= 4 is 51.3 Å². The van der Waals surface area contributed by atoms with E-state index in [1.165, 1.54) is 10.9 Å². The highest BCUT2D eigenvalue weighted by molar-refractivity contribution is 8.08. The highest BCUT2D eigenvalue weighted by Crippen LogP contribution is 2.66. The van der Waals surface area contributed by atoms with Gasteiger partial charge >= 0.3 is 22.4 Å². The smallest absolute Gasteiger partial charge is 0.390 e. The van der Waals surface area contributed by atoms with Crippen molar-refractivity contribution in [3.63, 3.8) is 0 Å². The molecule has 2 aromatic rings. The van der Waals surface area contributed by atoms with Gasteiger partial charge in [0.05, 0.1) is 19.0 Å². The lowest BCUT2D eigenvalue weighted by Gasteiger charge is -2.21. The van der Waals surface area contributed by atoms with Crippen molar-refractivity contribution in [1.29, 1.82) is 0 Å². The Labute approximate surface area is 176 Å². The topological polar surface area (TPSA) is 262 Å². The van der Waals surface area contributed by atoms with Crippen molar-refractivity contribution < 1.29 is 51.7 Å². The van der Waals surface area contributed by atoms with Gasteiger partial charge in [-0.15, -0.1) is 0 Å². The van der Waals surface area contributed by atoms with Gasteiger partial charge in [-0.2, -0.15) is 9.29 Å². The molecule has 3 rings (SSSR count). The normalized spacial score (nSPS) is 26.0. The van der Waals surface area contributed by atoms with Gasteiger partial charge in [-0.25, -0.2) is 18.4 Å². The van der Waals surface area contributed by atoms with E-state index in [4.69, 9.17) is 24.8 Å². The van der Waals surface area contributed by atoms with Crippen LogP contribution in [0.4, 0.5) is 5.95 Å². The van der Waals surface area contributed by atoms with Crippen LogP contribution < -0.4 is 11.3 Å². The fourth-order valence-electron chi connectivity index (χ4n) is 2.66. The van der Waals surface area contributed by atoms with Gasteiger partial charge in [0.2, 0.25) is 5.95 Å². The van der Waals surface area contributed by atoms with Crippen LogP contribution in [-0.2, 0) is 38.8 Å². The van der Waals surface area contributed by atoms with Crippen molar-refractivity contribution in [3.8, 4) is 0 Å². The lowest BCUT2D eigenvalue weighted by atomic mass is 10.2. The highest BCUT2D eigenvalue weighted by Gasteiger charge is 2.41. The second-order valence-corrected chi connectivity index (χ2v) is 11.9. The summed E-state index contributed by atoms with van der Waals surface area (Å²) in [4.78, 5) is 58.2. The van der Waals surface area contributed by atoms with Crippen LogP contribution in [-0.4, -0.2) is 63.0 Å². The standard InChI is InChI=1S/C10H16N5O12P3S/c11-10-13-8-7(9(17)14-10)12-3-15(8)6-1-4(16)5(25-6)2-24-30(23,31)27-29(21,22)26-28(18,19)20/h3-6,16H,1-2H2,(H,21,22)(H,23,31)(H2,18,19,20)(H3,11,13,14,17)/t4?,5-,6-,30?/m1/s1. The van der Waals surface area contributed by atoms with Crippen molar-refractivity contribution in [2.75, 3.05) is 12.3 Å². The molecule has 0 aromatic carbocycles. The van der Waals surface area contributed by atoms with Crippen LogP contribution in [0.25, 0.3) is 11.2 Å². The zero-order chi connectivity index (χ0) is 23.2. The second kappa shape index (κ2) is 8.68. The first-order valence-corrected chi connectivity index (χ1v) is 13.6. The number of hydrogen-bond donors (Lipinski definition) is 7. The lowest BCUT2D eigenvalue weighted by molar-refractivity contribution is -0.0399. The molecule has 2 aromatic heterocycles. The molecule has 0 radical (unpaired) electrons. The summed E-state index contributed by atoms with van der Waals surface area (Å²) in [6.07, 6.45) is -1.96. The number of imidazole rings is 1. The first kappa shape index (κ1) is 24.5. The number of aliphatic hydroxyl groups is 1. The molecule has 21 heteroatoms. The van der Waals surface area contributed by atoms with Crippen LogP contribution in [0.3, 0.4) is 0 Å². The molecule has 31 heavy (non-hydrogen) atoms. The van der Waals surface area contributed by atoms with Gasteiger partial charge in [-0.1, -0.05) is 0 Å². The summed E-state index contributed by atoms with van der Waals surface area (Å²) in [5.41, 5.74) is 5.01. The Morgan fingerprint density at radius 1 is 1.32 bits per heavy atom. The van der Waals surface area contributed by atoms with Crippen LogP contribution in [0.1, 0.15) is 12.6 Å². The minimum Gasteiger partial charge on any atom is -0.390 e. The molecule has 5 atom stereocenters. The number of aliphatic hydroxyl groups excluding tert-OH is 1. The molecular formula is C10H16N5O12P3S. The second-order valence-electron chi connectivity index (χ2n) is 6.09. The number of ether oxygens (including phenoxy) is 1. The number of fused-ring (bicyclic) bond motifs is 1. The monoisotopic (exact) mass is 523 g/mol. The molecule has 1 aliphatic heterocycles. The Balaban J connectivity index is 1.67. The summed E-state index contributed by atoms with van der Waals surface area (Å²) in [5.74, 6) is -0.165. The number of aromatic amines is 1. The molecule has 174 valence electrons. The van der Waals surface area contributed by atoms with Crippen molar-refractivity contribution in [1.82, 2.24) is 19.5 Å².